The monoisotopic (exact) mass is 212 g/mol. The Morgan fingerprint density at radius 2 is 1.93 bits per heavy atom. The molecular formula is C13H24O2. The summed E-state index contributed by atoms with van der Waals surface area (Å²) in [5, 5.41) is 10.3. The first-order chi connectivity index (χ1) is 7.16. The lowest BCUT2D eigenvalue weighted by Gasteiger charge is -2.32. The van der Waals surface area contributed by atoms with Crippen molar-refractivity contribution in [2.45, 2.75) is 58.2 Å². The fourth-order valence-electron chi connectivity index (χ4n) is 3.26. The molecule has 0 amide bonds. The fraction of sp³-hybridized carbons (Fsp3) is 1.00. The number of aliphatic hydroxyl groups is 1. The molecule has 2 fully saturated rings. The molecule has 15 heavy (non-hydrogen) atoms. The minimum absolute atomic E-state index is 0.113. The normalized spacial score (nSPS) is 44.2. The van der Waals surface area contributed by atoms with Crippen LogP contribution in [0, 0.1) is 17.8 Å². The Morgan fingerprint density at radius 1 is 1.13 bits per heavy atom. The zero-order valence-electron chi connectivity index (χ0n) is 9.98. The molecule has 0 radical (unpaired) electrons. The highest BCUT2D eigenvalue weighted by Gasteiger charge is 2.34. The summed E-state index contributed by atoms with van der Waals surface area (Å²) in [6, 6.07) is 0. The van der Waals surface area contributed by atoms with E-state index in [0.717, 1.165) is 18.9 Å². The Hall–Kier alpha value is -0.0800. The van der Waals surface area contributed by atoms with Crippen LogP contribution >= 0.6 is 0 Å². The molecule has 0 aromatic carbocycles. The van der Waals surface area contributed by atoms with Gasteiger partial charge in [-0.3, -0.25) is 0 Å². The number of aliphatic hydroxyl groups excluding tert-OH is 1. The molecule has 5 atom stereocenters. The molecule has 2 rings (SSSR count). The van der Waals surface area contributed by atoms with Crippen molar-refractivity contribution in [1.82, 2.24) is 0 Å². The van der Waals surface area contributed by atoms with Crippen LogP contribution in [-0.2, 0) is 4.74 Å². The molecule has 0 bridgehead atoms. The van der Waals surface area contributed by atoms with Crippen LogP contribution in [0.5, 0.6) is 0 Å². The van der Waals surface area contributed by atoms with Crippen LogP contribution in [0.2, 0.25) is 0 Å². The van der Waals surface area contributed by atoms with Gasteiger partial charge in [0.05, 0.1) is 18.8 Å². The number of hydrogen-bond donors (Lipinski definition) is 1. The Balaban J connectivity index is 1.86. The van der Waals surface area contributed by atoms with Gasteiger partial charge in [0, 0.05) is 5.92 Å². The van der Waals surface area contributed by atoms with Gasteiger partial charge in [-0.25, -0.2) is 0 Å². The molecular weight excluding hydrogens is 188 g/mol. The van der Waals surface area contributed by atoms with Gasteiger partial charge in [-0.2, -0.15) is 0 Å². The van der Waals surface area contributed by atoms with Crippen molar-refractivity contribution in [3.8, 4) is 0 Å². The summed E-state index contributed by atoms with van der Waals surface area (Å²) in [7, 11) is 0. The predicted octanol–water partition coefficient (Wildman–Crippen LogP) is 2.60. The maximum Gasteiger partial charge on any atom is 0.0619 e. The third kappa shape index (κ3) is 2.73. The first kappa shape index (κ1) is 11.4. The summed E-state index contributed by atoms with van der Waals surface area (Å²) in [5.74, 6) is 1.74. The highest BCUT2D eigenvalue weighted by molar-refractivity contribution is 4.84. The second-order valence-corrected chi connectivity index (χ2v) is 5.66. The van der Waals surface area contributed by atoms with Crippen molar-refractivity contribution < 1.29 is 9.84 Å². The third-order valence-electron chi connectivity index (χ3n) is 4.17. The van der Waals surface area contributed by atoms with E-state index in [0.29, 0.717) is 17.9 Å². The highest BCUT2D eigenvalue weighted by Crippen LogP contribution is 2.35. The second kappa shape index (κ2) is 4.84. The van der Waals surface area contributed by atoms with Crippen molar-refractivity contribution in [3.05, 3.63) is 0 Å². The lowest BCUT2D eigenvalue weighted by atomic mass is 9.76. The largest absolute Gasteiger partial charge is 0.392 e. The van der Waals surface area contributed by atoms with Crippen LogP contribution in [-0.4, -0.2) is 23.9 Å². The second-order valence-electron chi connectivity index (χ2n) is 5.66. The molecule has 1 N–H and O–H groups in total. The lowest BCUT2D eigenvalue weighted by molar-refractivity contribution is 0.0183. The lowest BCUT2D eigenvalue weighted by Crippen LogP contribution is -2.32. The van der Waals surface area contributed by atoms with E-state index in [9.17, 15) is 5.11 Å². The van der Waals surface area contributed by atoms with E-state index in [2.05, 4.69) is 13.8 Å². The van der Waals surface area contributed by atoms with E-state index in [4.69, 9.17) is 4.74 Å². The number of rotatable bonds is 2. The Bertz CT molecular complexity index is 205. The van der Waals surface area contributed by atoms with Crippen molar-refractivity contribution in [3.63, 3.8) is 0 Å². The summed E-state index contributed by atoms with van der Waals surface area (Å²) in [4.78, 5) is 0. The molecule has 2 aliphatic rings. The summed E-state index contributed by atoms with van der Waals surface area (Å²) < 4.78 is 5.54. The zero-order chi connectivity index (χ0) is 10.8. The number of hydrogen-bond acceptors (Lipinski definition) is 2. The van der Waals surface area contributed by atoms with Crippen LogP contribution < -0.4 is 0 Å². The molecule has 0 aromatic rings. The molecule has 1 saturated carbocycles. The van der Waals surface area contributed by atoms with E-state index in [-0.39, 0.29) is 6.10 Å². The van der Waals surface area contributed by atoms with Crippen molar-refractivity contribution in [2.24, 2.45) is 17.8 Å². The minimum Gasteiger partial charge on any atom is -0.392 e. The smallest absolute Gasteiger partial charge is 0.0619 e. The van der Waals surface area contributed by atoms with Crippen LogP contribution in [0.4, 0.5) is 0 Å². The van der Waals surface area contributed by atoms with Crippen LogP contribution in [0.15, 0.2) is 0 Å². The summed E-state index contributed by atoms with van der Waals surface area (Å²) in [5.41, 5.74) is 0. The molecule has 1 aliphatic carbocycles. The molecule has 1 heterocycles. The Morgan fingerprint density at radius 3 is 2.53 bits per heavy atom. The molecule has 2 heteroatoms. The van der Waals surface area contributed by atoms with Gasteiger partial charge >= 0.3 is 0 Å². The quantitative estimate of drug-likeness (QED) is 0.762. The SMILES string of the molecule is CC1CCCC(C(O)C2COC(C)C2)C1. The van der Waals surface area contributed by atoms with Gasteiger partial charge in [-0.05, 0) is 38.0 Å². The fourth-order valence-corrected chi connectivity index (χ4v) is 3.26. The van der Waals surface area contributed by atoms with Crippen molar-refractivity contribution in [1.29, 1.82) is 0 Å². The summed E-state index contributed by atoms with van der Waals surface area (Å²) >= 11 is 0. The van der Waals surface area contributed by atoms with E-state index in [1.54, 1.807) is 0 Å². The first-order valence-electron chi connectivity index (χ1n) is 6.46. The van der Waals surface area contributed by atoms with Gasteiger partial charge in [-0.15, -0.1) is 0 Å². The third-order valence-corrected chi connectivity index (χ3v) is 4.17. The van der Waals surface area contributed by atoms with Gasteiger partial charge in [-0.1, -0.05) is 19.8 Å². The van der Waals surface area contributed by atoms with E-state index < -0.39 is 0 Å². The predicted molar refractivity (Wildman–Crippen MR) is 60.6 cm³/mol. The van der Waals surface area contributed by atoms with Crippen LogP contribution in [0.3, 0.4) is 0 Å². The highest BCUT2D eigenvalue weighted by atomic mass is 16.5. The number of ether oxygens (including phenoxy) is 1. The Labute approximate surface area is 93.0 Å². The summed E-state index contributed by atoms with van der Waals surface area (Å²) in [6.07, 6.45) is 6.37. The molecule has 0 spiro atoms. The Kier molecular flexibility index (Phi) is 3.68. The van der Waals surface area contributed by atoms with Gasteiger partial charge < -0.3 is 9.84 Å². The molecule has 0 aromatic heterocycles. The van der Waals surface area contributed by atoms with E-state index in [1.165, 1.54) is 25.7 Å². The average molecular weight is 212 g/mol. The van der Waals surface area contributed by atoms with Gasteiger partial charge in [0.2, 0.25) is 0 Å². The van der Waals surface area contributed by atoms with E-state index >= 15 is 0 Å². The topological polar surface area (TPSA) is 29.5 Å². The van der Waals surface area contributed by atoms with Gasteiger partial charge in [0.1, 0.15) is 0 Å². The van der Waals surface area contributed by atoms with Crippen LogP contribution in [0.25, 0.3) is 0 Å². The first-order valence-corrected chi connectivity index (χ1v) is 6.46. The van der Waals surface area contributed by atoms with Crippen molar-refractivity contribution in [2.75, 3.05) is 6.61 Å². The standard InChI is InChI=1S/C13H24O2/c1-9-4-3-5-11(6-9)13(14)12-7-10(2)15-8-12/h9-14H,3-8H2,1-2H3. The average Bonchev–Trinajstić information content (AvgIpc) is 2.64. The zero-order valence-corrected chi connectivity index (χ0v) is 9.98. The summed E-state index contributed by atoms with van der Waals surface area (Å²) in [6.45, 7) is 5.19. The van der Waals surface area contributed by atoms with Gasteiger partial charge in [0.25, 0.3) is 0 Å². The molecule has 1 aliphatic heterocycles. The molecule has 2 nitrogen and oxygen atoms in total. The maximum atomic E-state index is 10.3. The van der Waals surface area contributed by atoms with Crippen molar-refractivity contribution >= 4 is 0 Å². The molecule has 1 saturated heterocycles. The van der Waals surface area contributed by atoms with E-state index in [1.807, 2.05) is 0 Å². The van der Waals surface area contributed by atoms with Gasteiger partial charge in [0.15, 0.2) is 0 Å². The minimum atomic E-state index is -0.113. The molecule has 5 unspecified atom stereocenters. The maximum absolute atomic E-state index is 10.3. The molecule has 88 valence electrons. The van der Waals surface area contributed by atoms with Crippen LogP contribution in [0.1, 0.15) is 46.0 Å².